The molecule has 0 spiro atoms. The molecule has 16 heavy (non-hydrogen) atoms. The Labute approximate surface area is 106 Å². The van der Waals surface area contributed by atoms with Crippen molar-refractivity contribution in [1.29, 1.82) is 0 Å². The lowest BCUT2D eigenvalue weighted by molar-refractivity contribution is 0.848. The van der Waals surface area contributed by atoms with Gasteiger partial charge in [0.25, 0.3) is 0 Å². The third-order valence-corrected chi connectivity index (χ3v) is 3.39. The average Bonchev–Trinajstić information content (AvgIpc) is 2.56. The van der Waals surface area contributed by atoms with Crippen molar-refractivity contribution in [2.24, 2.45) is 7.05 Å². The van der Waals surface area contributed by atoms with Gasteiger partial charge in [0.2, 0.25) is 0 Å². The highest BCUT2D eigenvalue weighted by Gasteiger charge is 2.01. The number of thioether (sulfide) groups is 1. The van der Waals surface area contributed by atoms with E-state index in [1.807, 2.05) is 39.0 Å². The van der Waals surface area contributed by atoms with E-state index in [4.69, 9.17) is 12.2 Å². The summed E-state index contributed by atoms with van der Waals surface area (Å²) in [6.07, 6.45) is 2.05. The van der Waals surface area contributed by atoms with Crippen LogP contribution in [0.2, 0.25) is 0 Å². The molecule has 0 amide bonds. The van der Waals surface area contributed by atoms with Crippen molar-refractivity contribution in [3.63, 3.8) is 0 Å². The van der Waals surface area contributed by atoms with Gasteiger partial charge in [0.15, 0.2) is 5.11 Å². The van der Waals surface area contributed by atoms with Crippen molar-refractivity contribution >= 4 is 29.1 Å². The summed E-state index contributed by atoms with van der Waals surface area (Å²) in [4.78, 5) is 4.44. The minimum atomic E-state index is 0.702. The van der Waals surface area contributed by atoms with Gasteiger partial charge in [-0.1, -0.05) is 0 Å². The van der Waals surface area contributed by atoms with Crippen LogP contribution in [0.15, 0.2) is 6.20 Å². The predicted octanol–water partition coefficient (Wildman–Crippen LogP) is 1.06. The zero-order chi connectivity index (χ0) is 12.0. The van der Waals surface area contributed by atoms with Crippen LogP contribution in [0.3, 0.4) is 0 Å². The van der Waals surface area contributed by atoms with Gasteiger partial charge < -0.3 is 15.2 Å². The molecule has 0 fully saturated rings. The fourth-order valence-corrected chi connectivity index (χ4v) is 2.23. The first-order valence-corrected chi connectivity index (χ1v) is 6.72. The summed E-state index contributed by atoms with van der Waals surface area (Å²) in [7, 11) is 3.85. The topological polar surface area (TPSA) is 41.9 Å². The van der Waals surface area contributed by atoms with Crippen molar-refractivity contribution in [2.75, 3.05) is 19.3 Å². The summed E-state index contributed by atoms with van der Waals surface area (Å²) < 4.78 is 2.08. The lowest BCUT2D eigenvalue weighted by Crippen LogP contribution is -2.33. The van der Waals surface area contributed by atoms with Gasteiger partial charge in [-0.25, -0.2) is 4.98 Å². The summed E-state index contributed by atoms with van der Waals surface area (Å²) in [5.74, 6) is 3.09. The number of thiocarbonyl (C=S) groups is 1. The zero-order valence-corrected chi connectivity index (χ0v) is 11.5. The van der Waals surface area contributed by atoms with E-state index < -0.39 is 0 Å². The number of imidazole rings is 1. The van der Waals surface area contributed by atoms with Crippen LogP contribution in [0, 0.1) is 6.92 Å². The van der Waals surface area contributed by atoms with Crippen LogP contribution in [-0.4, -0.2) is 34.0 Å². The number of nitrogens with zero attached hydrogens (tertiary/aromatic N) is 2. The molecule has 0 radical (unpaired) electrons. The Kier molecular flexibility index (Phi) is 5.62. The standard InChI is InChI=1S/C10H18N4S2/c1-8-6-14(3)9(13-8)7-16-5-4-12-10(15)11-2/h6H,4-5,7H2,1-3H3,(H2,11,12,15). The smallest absolute Gasteiger partial charge is 0.166 e. The minimum Gasteiger partial charge on any atom is -0.366 e. The fraction of sp³-hybridized carbons (Fsp3) is 0.600. The normalized spacial score (nSPS) is 10.2. The largest absolute Gasteiger partial charge is 0.366 e. The first-order chi connectivity index (χ1) is 7.63. The number of hydrogen-bond acceptors (Lipinski definition) is 3. The molecule has 0 bridgehead atoms. The lowest BCUT2D eigenvalue weighted by Gasteiger charge is -2.06. The van der Waals surface area contributed by atoms with Crippen LogP contribution in [-0.2, 0) is 12.8 Å². The SMILES string of the molecule is CNC(=S)NCCSCc1nc(C)cn1C. The molecule has 0 aliphatic carbocycles. The number of nitrogens with one attached hydrogen (secondary N) is 2. The highest BCUT2D eigenvalue weighted by molar-refractivity contribution is 7.98. The van der Waals surface area contributed by atoms with E-state index in [9.17, 15) is 0 Å². The molecule has 0 saturated carbocycles. The molecule has 0 aliphatic heterocycles. The van der Waals surface area contributed by atoms with Gasteiger partial charge in [-0.05, 0) is 19.1 Å². The van der Waals surface area contributed by atoms with Crippen LogP contribution in [0.5, 0.6) is 0 Å². The molecule has 1 heterocycles. The fourth-order valence-electron chi connectivity index (χ4n) is 1.29. The Morgan fingerprint density at radius 2 is 2.38 bits per heavy atom. The first kappa shape index (κ1) is 13.3. The second kappa shape index (κ2) is 6.75. The third-order valence-electron chi connectivity index (χ3n) is 2.08. The molecule has 0 atom stereocenters. The van der Waals surface area contributed by atoms with E-state index in [0.717, 1.165) is 29.6 Å². The third kappa shape index (κ3) is 4.40. The molecule has 0 unspecified atom stereocenters. The maximum Gasteiger partial charge on any atom is 0.166 e. The molecule has 1 aromatic rings. The number of aromatic nitrogens is 2. The Morgan fingerprint density at radius 3 is 2.94 bits per heavy atom. The highest BCUT2D eigenvalue weighted by atomic mass is 32.2. The number of rotatable bonds is 5. The van der Waals surface area contributed by atoms with Gasteiger partial charge in [0.05, 0.1) is 11.4 Å². The molecular weight excluding hydrogens is 240 g/mol. The molecule has 0 aliphatic rings. The molecule has 0 aromatic carbocycles. The Bertz CT molecular complexity index is 349. The van der Waals surface area contributed by atoms with Gasteiger partial charge in [-0.2, -0.15) is 11.8 Å². The molecule has 1 rings (SSSR count). The maximum absolute atomic E-state index is 4.97. The average molecular weight is 258 g/mol. The molecule has 90 valence electrons. The summed E-state index contributed by atoms with van der Waals surface area (Å²) in [5, 5.41) is 6.69. The maximum atomic E-state index is 4.97. The quantitative estimate of drug-likeness (QED) is 0.610. The van der Waals surface area contributed by atoms with Gasteiger partial charge in [-0.15, -0.1) is 0 Å². The van der Waals surface area contributed by atoms with E-state index in [1.54, 1.807) is 0 Å². The van der Waals surface area contributed by atoms with Crippen LogP contribution >= 0.6 is 24.0 Å². The molecule has 0 saturated heterocycles. The van der Waals surface area contributed by atoms with E-state index in [0.29, 0.717) is 5.11 Å². The summed E-state index contributed by atoms with van der Waals surface area (Å²) in [5.41, 5.74) is 1.08. The van der Waals surface area contributed by atoms with Crippen LogP contribution in [0.25, 0.3) is 0 Å². The summed E-state index contributed by atoms with van der Waals surface area (Å²) >= 11 is 6.83. The second-order valence-corrected chi connectivity index (χ2v) is 4.98. The van der Waals surface area contributed by atoms with Gasteiger partial charge >= 0.3 is 0 Å². The minimum absolute atomic E-state index is 0.702. The molecule has 6 heteroatoms. The van der Waals surface area contributed by atoms with Crippen LogP contribution < -0.4 is 10.6 Å². The first-order valence-electron chi connectivity index (χ1n) is 5.15. The Balaban J connectivity index is 2.16. The van der Waals surface area contributed by atoms with Gasteiger partial charge in [0.1, 0.15) is 5.82 Å². The van der Waals surface area contributed by atoms with Crippen molar-refractivity contribution in [2.45, 2.75) is 12.7 Å². The lowest BCUT2D eigenvalue weighted by atomic mass is 10.6. The highest BCUT2D eigenvalue weighted by Crippen LogP contribution is 2.10. The van der Waals surface area contributed by atoms with Crippen LogP contribution in [0.1, 0.15) is 11.5 Å². The van der Waals surface area contributed by atoms with E-state index >= 15 is 0 Å². The van der Waals surface area contributed by atoms with Crippen LogP contribution in [0.4, 0.5) is 0 Å². The van der Waals surface area contributed by atoms with E-state index in [1.165, 1.54) is 0 Å². The zero-order valence-electron chi connectivity index (χ0n) is 9.91. The number of aryl methyl sites for hydroxylation is 2. The van der Waals surface area contributed by atoms with Crippen molar-refractivity contribution in [1.82, 2.24) is 20.2 Å². The number of hydrogen-bond donors (Lipinski definition) is 2. The molecule has 4 nitrogen and oxygen atoms in total. The summed E-state index contributed by atoms with van der Waals surface area (Å²) in [6, 6.07) is 0. The molecule has 1 aromatic heterocycles. The second-order valence-electron chi connectivity index (χ2n) is 3.47. The van der Waals surface area contributed by atoms with E-state index in [2.05, 4.69) is 20.2 Å². The molecular formula is C10H18N4S2. The Hall–Kier alpha value is -0.750. The predicted molar refractivity (Wildman–Crippen MR) is 73.8 cm³/mol. The van der Waals surface area contributed by atoms with Gasteiger partial charge in [-0.3, -0.25) is 0 Å². The summed E-state index contributed by atoms with van der Waals surface area (Å²) in [6.45, 7) is 2.90. The van der Waals surface area contributed by atoms with Crippen molar-refractivity contribution in [3.05, 3.63) is 17.7 Å². The molecule has 2 N–H and O–H groups in total. The van der Waals surface area contributed by atoms with E-state index in [-0.39, 0.29) is 0 Å². The monoisotopic (exact) mass is 258 g/mol. The van der Waals surface area contributed by atoms with Crippen molar-refractivity contribution in [3.8, 4) is 0 Å². The van der Waals surface area contributed by atoms with Crippen molar-refractivity contribution < 1.29 is 0 Å². The Morgan fingerprint density at radius 1 is 1.62 bits per heavy atom. The van der Waals surface area contributed by atoms with Gasteiger partial charge in [0, 0.05) is 32.6 Å².